The molecule has 27 heavy (non-hydrogen) atoms. The van der Waals surface area contributed by atoms with Crippen LogP contribution in [-0.4, -0.2) is 28.7 Å². The molecule has 1 aliphatic carbocycles. The standard InChI is InChI=1S/C20H24N4O3/c1-2-27-20(26)15-10-6-7-11-16(15)21-17-12-13-18(24-23-17)22-19(25)14-8-4-3-5-9-14/h6-7,10-14H,2-5,8-9H2,1H3,(H,21,23)(H,22,24,25). The molecule has 0 atom stereocenters. The highest BCUT2D eigenvalue weighted by molar-refractivity contribution is 5.96. The predicted octanol–water partition coefficient (Wildman–Crippen LogP) is 3.92. The van der Waals surface area contributed by atoms with E-state index < -0.39 is 5.97 Å². The second-order valence-corrected chi connectivity index (χ2v) is 6.52. The van der Waals surface area contributed by atoms with Crippen molar-refractivity contribution in [1.29, 1.82) is 0 Å². The number of para-hydroxylation sites is 1. The summed E-state index contributed by atoms with van der Waals surface area (Å²) in [7, 11) is 0. The maximum atomic E-state index is 12.3. The summed E-state index contributed by atoms with van der Waals surface area (Å²) in [5.41, 5.74) is 1.01. The van der Waals surface area contributed by atoms with Crippen molar-refractivity contribution >= 4 is 29.2 Å². The molecular weight excluding hydrogens is 344 g/mol. The van der Waals surface area contributed by atoms with Crippen LogP contribution in [0.1, 0.15) is 49.4 Å². The molecule has 7 heteroatoms. The molecule has 0 spiro atoms. The zero-order chi connectivity index (χ0) is 19.1. The maximum absolute atomic E-state index is 12.3. The van der Waals surface area contributed by atoms with E-state index in [1.165, 1.54) is 6.42 Å². The summed E-state index contributed by atoms with van der Waals surface area (Å²) in [5.74, 6) is 0.578. The van der Waals surface area contributed by atoms with Gasteiger partial charge in [-0.25, -0.2) is 4.79 Å². The van der Waals surface area contributed by atoms with Crippen LogP contribution in [-0.2, 0) is 9.53 Å². The summed E-state index contributed by atoms with van der Waals surface area (Å²) < 4.78 is 5.06. The second-order valence-electron chi connectivity index (χ2n) is 6.52. The van der Waals surface area contributed by atoms with Crippen molar-refractivity contribution in [2.45, 2.75) is 39.0 Å². The van der Waals surface area contributed by atoms with Crippen molar-refractivity contribution in [2.75, 3.05) is 17.2 Å². The van der Waals surface area contributed by atoms with Crippen molar-refractivity contribution < 1.29 is 14.3 Å². The van der Waals surface area contributed by atoms with Gasteiger partial charge >= 0.3 is 5.97 Å². The van der Waals surface area contributed by atoms with Gasteiger partial charge in [-0.1, -0.05) is 31.4 Å². The first kappa shape index (κ1) is 18.8. The number of esters is 1. The van der Waals surface area contributed by atoms with Gasteiger partial charge in [-0.05, 0) is 44.0 Å². The molecule has 142 valence electrons. The van der Waals surface area contributed by atoms with Crippen LogP contribution >= 0.6 is 0 Å². The fourth-order valence-electron chi connectivity index (χ4n) is 3.18. The SMILES string of the molecule is CCOC(=O)c1ccccc1Nc1ccc(NC(=O)C2CCCCC2)nn1. The third-order valence-corrected chi connectivity index (χ3v) is 4.58. The maximum Gasteiger partial charge on any atom is 0.340 e. The lowest BCUT2D eigenvalue weighted by atomic mass is 9.89. The Bertz CT molecular complexity index is 786. The molecule has 0 bridgehead atoms. The first-order valence-electron chi connectivity index (χ1n) is 9.35. The fraction of sp³-hybridized carbons (Fsp3) is 0.400. The topological polar surface area (TPSA) is 93.2 Å². The smallest absolute Gasteiger partial charge is 0.340 e. The Morgan fingerprint density at radius 3 is 2.44 bits per heavy atom. The Kier molecular flexibility index (Phi) is 6.35. The van der Waals surface area contributed by atoms with Crippen molar-refractivity contribution in [3.05, 3.63) is 42.0 Å². The summed E-state index contributed by atoms with van der Waals surface area (Å²) in [6.45, 7) is 2.07. The van der Waals surface area contributed by atoms with Gasteiger partial charge in [0.25, 0.3) is 0 Å². The molecule has 1 aromatic carbocycles. The van der Waals surface area contributed by atoms with E-state index in [1.807, 2.05) is 6.07 Å². The molecule has 3 rings (SSSR count). The molecular formula is C20H24N4O3. The Morgan fingerprint density at radius 1 is 1.04 bits per heavy atom. The van der Waals surface area contributed by atoms with E-state index in [9.17, 15) is 9.59 Å². The minimum atomic E-state index is -0.398. The Hall–Kier alpha value is -2.96. The zero-order valence-corrected chi connectivity index (χ0v) is 15.4. The summed E-state index contributed by atoms with van der Waals surface area (Å²) in [6, 6.07) is 10.5. The van der Waals surface area contributed by atoms with Gasteiger partial charge in [0.05, 0.1) is 17.9 Å². The van der Waals surface area contributed by atoms with Crippen LogP contribution in [0.25, 0.3) is 0 Å². The minimum Gasteiger partial charge on any atom is -0.462 e. The highest BCUT2D eigenvalue weighted by Gasteiger charge is 2.21. The van der Waals surface area contributed by atoms with Gasteiger partial charge in [-0.15, -0.1) is 10.2 Å². The average Bonchev–Trinajstić information content (AvgIpc) is 2.70. The molecule has 0 radical (unpaired) electrons. The summed E-state index contributed by atoms with van der Waals surface area (Å²) in [5, 5.41) is 14.1. The van der Waals surface area contributed by atoms with Crippen LogP contribution in [0.5, 0.6) is 0 Å². The molecule has 1 aromatic heterocycles. The molecule has 0 aliphatic heterocycles. The lowest BCUT2D eigenvalue weighted by molar-refractivity contribution is -0.120. The molecule has 1 saturated carbocycles. The van der Waals surface area contributed by atoms with Crippen LogP contribution in [0.2, 0.25) is 0 Å². The summed E-state index contributed by atoms with van der Waals surface area (Å²) in [4.78, 5) is 24.3. The highest BCUT2D eigenvalue weighted by atomic mass is 16.5. The number of carbonyl (C=O) groups excluding carboxylic acids is 2. The number of nitrogens with zero attached hydrogens (tertiary/aromatic N) is 2. The lowest BCUT2D eigenvalue weighted by Crippen LogP contribution is -2.25. The van der Waals surface area contributed by atoms with Crippen molar-refractivity contribution in [3.8, 4) is 0 Å². The second kappa shape index (κ2) is 9.12. The number of nitrogens with one attached hydrogen (secondary N) is 2. The largest absolute Gasteiger partial charge is 0.462 e. The zero-order valence-electron chi connectivity index (χ0n) is 15.4. The molecule has 1 fully saturated rings. The van der Waals surface area contributed by atoms with E-state index in [0.717, 1.165) is 25.7 Å². The number of hydrogen-bond acceptors (Lipinski definition) is 6. The lowest BCUT2D eigenvalue weighted by Gasteiger charge is -2.20. The van der Waals surface area contributed by atoms with Crippen LogP contribution in [0.4, 0.5) is 17.3 Å². The van der Waals surface area contributed by atoms with Gasteiger partial charge in [-0.2, -0.15) is 0 Å². The summed E-state index contributed by atoms with van der Waals surface area (Å²) >= 11 is 0. The van der Waals surface area contributed by atoms with E-state index in [2.05, 4.69) is 20.8 Å². The molecule has 1 amide bonds. The minimum absolute atomic E-state index is 0.0114. The molecule has 2 aromatic rings. The van der Waals surface area contributed by atoms with Crippen LogP contribution in [0, 0.1) is 5.92 Å². The van der Waals surface area contributed by atoms with E-state index in [4.69, 9.17) is 4.74 Å². The van der Waals surface area contributed by atoms with Crippen LogP contribution in [0.15, 0.2) is 36.4 Å². The number of hydrogen-bond donors (Lipinski definition) is 2. The number of ether oxygens (including phenoxy) is 1. The predicted molar refractivity (Wildman–Crippen MR) is 103 cm³/mol. The van der Waals surface area contributed by atoms with E-state index >= 15 is 0 Å². The number of benzene rings is 1. The van der Waals surface area contributed by atoms with Crippen LogP contribution in [0.3, 0.4) is 0 Å². The van der Waals surface area contributed by atoms with E-state index in [0.29, 0.717) is 29.5 Å². The average molecular weight is 368 g/mol. The molecule has 0 unspecified atom stereocenters. The first-order chi connectivity index (χ1) is 13.2. The third-order valence-electron chi connectivity index (χ3n) is 4.58. The fourth-order valence-corrected chi connectivity index (χ4v) is 3.18. The van der Waals surface area contributed by atoms with Gasteiger partial charge in [0.15, 0.2) is 11.6 Å². The quantitative estimate of drug-likeness (QED) is 0.751. The monoisotopic (exact) mass is 368 g/mol. The molecule has 2 N–H and O–H groups in total. The number of aromatic nitrogens is 2. The van der Waals surface area contributed by atoms with Gasteiger partial charge in [0.1, 0.15) is 0 Å². The van der Waals surface area contributed by atoms with Crippen LogP contribution < -0.4 is 10.6 Å². The number of carbonyl (C=O) groups is 2. The normalized spacial score (nSPS) is 14.4. The molecule has 1 heterocycles. The number of amides is 1. The molecule has 0 saturated heterocycles. The van der Waals surface area contributed by atoms with Gasteiger partial charge in [0, 0.05) is 5.92 Å². The van der Waals surface area contributed by atoms with Crippen molar-refractivity contribution in [1.82, 2.24) is 10.2 Å². The third kappa shape index (κ3) is 5.03. The highest BCUT2D eigenvalue weighted by Crippen LogP contribution is 2.25. The number of anilines is 3. The van der Waals surface area contributed by atoms with E-state index in [1.54, 1.807) is 37.3 Å². The summed E-state index contributed by atoms with van der Waals surface area (Å²) in [6.07, 6.45) is 5.28. The Morgan fingerprint density at radius 2 is 1.74 bits per heavy atom. The molecule has 7 nitrogen and oxygen atoms in total. The first-order valence-corrected chi connectivity index (χ1v) is 9.35. The Balaban J connectivity index is 1.64. The van der Waals surface area contributed by atoms with Crippen molar-refractivity contribution in [3.63, 3.8) is 0 Å². The van der Waals surface area contributed by atoms with Gasteiger partial charge in [-0.3, -0.25) is 4.79 Å². The van der Waals surface area contributed by atoms with Gasteiger partial charge < -0.3 is 15.4 Å². The number of rotatable bonds is 6. The Labute approximate surface area is 158 Å². The van der Waals surface area contributed by atoms with Gasteiger partial charge in [0.2, 0.25) is 5.91 Å². The van der Waals surface area contributed by atoms with Crippen molar-refractivity contribution in [2.24, 2.45) is 5.92 Å². The van der Waals surface area contributed by atoms with E-state index in [-0.39, 0.29) is 11.8 Å². The molecule has 1 aliphatic rings.